The summed E-state index contributed by atoms with van der Waals surface area (Å²) < 4.78 is 32.0. The van der Waals surface area contributed by atoms with Gasteiger partial charge in [-0.1, -0.05) is 0 Å². The number of nitrogens with two attached hydrogens (primary N) is 1. The van der Waals surface area contributed by atoms with Crippen molar-refractivity contribution in [3.05, 3.63) is 23.8 Å². The van der Waals surface area contributed by atoms with E-state index in [1.807, 2.05) is 0 Å². The number of hydrogen-bond donors (Lipinski definition) is 2. The second-order valence-electron chi connectivity index (χ2n) is 4.28. The van der Waals surface area contributed by atoms with Crippen LogP contribution in [0.4, 0.5) is 20.2 Å². The molecule has 1 fully saturated rings. The molecule has 1 aromatic rings. The molecule has 0 bridgehead atoms. The maximum Gasteiger partial charge on any atom is 0.183 e. The molecule has 1 aliphatic carbocycles. The Morgan fingerprint density at radius 1 is 1.35 bits per heavy atom. The number of methoxy groups -OCH3 is 1. The molecule has 2 unspecified atom stereocenters. The molecule has 1 saturated carbocycles. The highest BCUT2D eigenvalue weighted by Crippen LogP contribution is 2.30. The van der Waals surface area contributed by atoms with Crippen molar-refractivity contribution in [3.63, 3.8) is 0 Å². The fourth-order valence-corrected chi connectivity index (χ4v) is 2.27. The quantitative estimate of drug-likeness (QED) is 0.801. The van der Waals surface area contributed by atoms with Crippen molar-refractivity contribution in [2.24, 2.45) is 0 Å². The van der Waals surface area contributed by atoms with Gasteiger partial charge in [-0.3, -0.25) is 0 Å². The molecular weight excluding hydrogens is 226 g/mol. The zero-order valence-corrected chi connectivity index (χ0v) is 9.67. The lowest BCUT2D eigenvalue weighted by molar-refractivity contribution is 0.101. The predicted molar refractivity (Wildman–Crippen MR) is 62.8 cm³/mol. The number of rotatable bonds is 3. The van der Waals surface area contributed by atoms with Crippen molar-refractivity contribution in [3.8, 4) is 0 Å². The molecule has 0 spiro atoms. The van der Waals surface area contributed by atoms with Crippen LogP contribution in [-0.2, 0) is 4.74 Å². The van der Waals surface area contributed by atoms with E-state index < -0.39 is 11.6 Å². The number of nitrogen functional groups attached to an aromatic ring is 1. The molecule has 0 saturated heterocycles. The summed E-state index contributed by atoms with van der Waals surface area (Å²) in [6.45, 7) is 0. The van der Waals surface area contributed by atoms with Crippen LogP contribution in [0.3, 0.4) is 0 Å². The van der Waals surface area contributed by atoms with Gasteiger partial charge in [0.15, 0.2) is 11.6 Å². The molecule has 0 amide bonds. The number of nitrogens with one attached hydrogen (secondary N) is 1. The van der Waals surface area contributed by atoms with Gasteiger partial charge >= 0.3 is 0 Å². The Morgan fingerprint density at radius 2 is 2.12 bits per heavy atom. The third-order valence-electron chi connectivity index (χ3n) is 3.21. The third kappa shape index (κ3) is 2.34. The van der Waals surface area contributed by atoms with Gasteiger partial charge in [0.2, 0.25) is 0 Å². The predicted octanol–water partition coefficient (Wildman–Crippen LogP) is 2.53. The average Bonchev–Trinajstić information content (AvgIpc) is 2.77. The first kappa shape index (κ1) is 12.1. The fraction of sp³-hybridized carbons (Fsp3) is 0.500. The standard InChI is InChI=1S/C12H16F2N2O/c1-17-10-4-2-3-9(10)16-12-8(15)6-5-7(13)11(12)14/h5-6,9-10,16H,2-4,15H2,1H3. The first-order chi connectivity index (χ1) is 8.13. The molecule has 2 rings (SSSR count). The largest absolute Gasteiger partial charge is 0.397 e. The zero-order chi connectivity index (χ0) is 12.4. The number of halogens is 2. The molecule has 5 heteroatoms. The van der Waals surface area contributed by atoms with Crippen molar-refractivity contribution in [1.29, 1.82) is 0 Å². The average molecular weight is 242 g/mol. The van der Waals surface area contributed by atoms with Gasteiger partial charge < -0.3 is 15.8 Å². The summed E-state index contributed by atoms with van der Waals surface area (Å²) in [6.07, 6.45) is 2.82. The summed E-state index contributed by atoms with van der Waals surface area (Å²) >= 11 is 0. The first-order valence-corrected chi connectivity index (χ1v) is 5.66. The van der Waals surface area contributed by atoms with Gasteiger partial charge in [0.05, 0.1) is 23.5 Å². The second-order valence-corrected chi connectivity index (χ2v) is 4.28. The van der Waals surface area contributed by atoms with Crippen LogP contribution in [-0.4, -0.2) is 19.3 Å². The smallest absolute Gasteiger partial charge is 0.183 e. The molecule has 2 atom stereocenters. The van der Waals surface area contributed by atoms with E-state index in [4.69, 9.17) is 10.5 Å². The van der Waals surface area contributed by atoms with Gasteiger partial charge in [-0.15, -0.1) is 0 Å². The van der Waals surface area contributed by atoms with E-state index in [2.05, 4.69) is 5.32 Å². The van der Waals surface area contributed by atoms with E-state index >= 15 is 0 Å². The maximum absolute atomic E-state index is 13.6. The van der Waals surface area contributed by atoms with Crippen molar-refractivity contribution >= 4 is 11.4 Å². The van der Waals surface area contributed by atoms with Gasteiger partial charge in [-0.2, -0.15) is 0 Å². The minimum absolute atomic E-state index is 0.0152. The van der Waals surface area contributed by atoms with Crippen LogP contribution >= 0.6 is 0 Å². The lowest BCUT2D eigenvalue weighted by Crippen LogP contribution is -2.30. The topological polar surface area (TPSA) is 47.3 Å². The number of anilines is 2. The molecule has 17 heavy (non-hydrogen) atoms. The Kier molecular flexibility index (Phi) is 3.47. The summed E-state index contributed by atoms with van der Waals surface area (Å²) in [5.41, 5.74) is 5.90. The first-order valence-electron chi connectivity index (χ1n) is 5.66. The van der Waals surface area contributed by atoms with E-state index in [-0.39, 0.29) is 23.5 Å². The summed E-state index contributed by atoms with van der Waals surface area (Å²) in [6, 6.07) is 2.37. The van der Waals surface area contributed by atoms with Crippen LogP contribution in [0.2, 0.25) is 0 Å². The number of hydrogen-bond acceptors (Lipinski definition) is 3. The van der Waals surface area contributed by atoms with E-state index in [0.29, 0.717) is 0 Å². The van der Waals surface area contributed by atoms with Crippen LogP contribution < -0.4 is 11.1 Å². The normalized spacial score (nSPS) is 23.9. The highest BCUT2D eigenvalue weighted by Gasteiger charge is 2.28. The maximum atomic E-state index is 13.6. The summed E-state index contributed by atoms with van der Waals surface area (Å²) in [5.74, 6) is -1.82. The molecule has 1 aromatic carbocycles. The molecule has 94 valence electrons. The van der Waals surface area contributed by atoms with Crippen molar-refractivity contribution in [2.75, 3.05) is 18.2 Å². The van der Waals surface area contributed by atoms with Crippen molar-refractivity contribution in [2.45, 2.75) is 31.4 Å². The van der Waals surface area contributed by atoms with Crippen LogP contribution in [0.1, 0.15) is 19.3 Å². The van der Waals surface area contributed by atoms with Crippen LogP contribution in [0, 0.1) is 11.6 Å². The van der Waals surface area contributed by atoms with Gasteiger partial charge in [0, 0.05) is 7.11 Å². The number of ether oxygens (including phenoxy) is 1. The van der Waals surface area contributed by atoms with Gasteiger partial charge in [-0.05, 0) is 31.4 Å². The molecule has 1 aliphatic rings. The van der Waals surface area contributed by atoms with E-state index in [0.717, 1.165) is 25.3 Å². The monoisotopic (exact) mass is 242 g/mol. The minimum Gasteiger partial charge on any atom is -0.397 e. The molecule has 0 radical (unpaired) electrons. The molecule has 0 aromatic heterocycles. The summed E-state index contributed by atoms with van der Waals surface area (Å²) in [5, 5.41) is 2.95. The Bertz CT molecular complexity index is 412. The highest BCUT2D eigenvalue weighted by atomic mass is 19.2. The SMILES string of the molecule is COC1CCCC1Nc1c(N)ccc(F)c1F. The molecular formula is C12H16F2N2O. The molecule has 0 aliphatic heterocycles. The van der Waals surface area contributed by atoms with E-state index in [9.17, 15) is 8.78 Å². The lowest BCUT2D eigenvalue weighted by Gasteiger charge is -2.22. The van der Waals surface area contributed by atoms with E-state index in [1.54, 1.807) is 7.11 Å². The molecule has 0 heterocycles. The van der Waals surface area contributed by atoms with Crippen LogP contribution in [0.15, 0.2) is 12.1 Å². The fourth-order valence-electron chi connectivity index (χ4n) is 2.27. The minimum atomic E-state index is -0.924. The zero-order valence-electron chi connectivity index (χ0n) is 9.67. The van der Waals surface area contributed by atoms with Crippen molar-refractivity contribution in [1.82, 2.24) is 0 Å². The summed E-state index contributed by atoms with van der Waals surface area (Å²) in [7, 11) is 1.62. The molecule has 3 N–H and O–H groups in total. The lowest BCUT2D eigenvalue weighted by atomic mass is 10.1. The van der Waals surface area contributed by atoms with Crippen LogP contribution in [0.25, 0.3) is 0 Å². The van der Waals surface area contributed by atoms with Crippen molar-refractivity contribution < 1.29 is 13.5 Å². The Labute approximate surface area is 98.9 Å². The Balaban J connectivity index is 2.21. The van der Waals surface area contributed by atoms with Gasteiger partial charge in [0.25, 0.3) is 0 Å². The molecule has 3 nitrogen and oxygen atoms in total. The summed E-state index contributed by atoms with van der Waals surface area (Å²) in [4.78, 5) is 0. The highest BCUT2D eigenvalue weighted by molar-refractivity contribution is 5.67. The van der Waals surface area contributed by atoms with Gasteiger partial charge in [0.1, 0.15) is 0 Å². The van der Waals surface area contributed by atoms with E-state index in [1.165, 1.54) is 6.07 Å². The Morgan fingerprint density at radius 3 is 2.82 bits per heavy atom. The number of benzene rings is 1. The third-order valence-corrected chi connectivity index (χ3v) is 3.21. The Hall–Kier alpha value is -1.36. The van der Waals surface area contributed by atoms with Crippen LogP contribution in [0.5, 0.6) is 0 Å². The van der Waals surface area contributed by atoms with Gasteiger partial charge in [-0.25, -0.2) is 8.78 Å². The second kappa shape index (κ2) is 4.87.